The summed E-state index contributed by atoms with van der Waals surface area (Å²) in [5.41, 5.74) is 5.24. The van der Waals surface area contributed by atoms with E-state index in [1.165, 1.54) is 0 Å². The Balaban J connectivity index is 1.60. The molecule has 4 nitrogen and oxygen atoms in total. The average molecular weight is 435 g/mol. The van der Waals surface area contributed by atoms with Gasteiger partial charge in [0.25, 0.3) is 5.91 Å². The molecule has 0 saturated carbocycles. The van der Waals surface area contributed by atoms with E-state index in [1.807, 2.05) is 66.7 Å². The van der Waals surface area contributed by atoms with Gasteiger partial charge in [-0.2, -0.15) is 0 Å². The molecular formula is C23H19BrN2O2. The summed E-state index contributed by atoms with van der Waals surface area (Å²) < 4.78 is 0.881. The molecule has 1 aliphatic rings. The number of nitrogens with one attached hydrogen (secondary N) is 1. The van der Waals surface area contributed by atoms with Crippen molar-refractivity contribution in [2.45, 2.75) is 13.3 Å². The number of carbonyl (C=O) groups is 2. The van der Waals surface area contributed by atoms with Gasteiger partial charge in [0.2, 0.25) is 5.91 Å². The van der Waals surface area contributed by atoms with Gasteiger partial charge in [0, 0.05) is 23.5 Å². The lowest BCUT2D eigenvalue weighted by molar-refractivity contribution is -0.116. The maximum absolute atomic E-state index is 12.8. The standard InChI is InChI=1S/C23H19BrN2O2/c1-15(27)26-12-11-19-13-20(24)14-21(22(19)26)25-23(28)18-9-7-17(8-10-18)16-5-3-2-4-6-16/h2-10,13-14H,11-12H2,1H3,(H,25,28). The number of halogens is 1. The molecule has 28 heavy (non-hydrogen) atoms. The van der Waals surface area contributed by atoms with Crippen LogP contribution in [0.2, 0.25) is 0 Å². The smallest absolute Gasteiger partial charge is 0.255 e. The summed E-state index contributed by atoms with van der Waals surface area (Å²) in [6.45, 7) is 2.18. The zero-order valence-electron chi connectivity index (χ0n) is 15.4. The van der Waals surface area contributed by atoms with Crippen LogP contribution in [0.5, 0.6) is 0 Å². The van der Waals surface area contributed by atoms with Gasteiger partial charge in [0.05, 0.1) is 11.4 Å². The van der Waals surface area contributed by atoms with Gasteiger partial charge in [-0.25, -0.2) is 0 Å². The van der Waals surface area contributed by atoms with Gasteiger partial charge in [-0.15, -0.1) is 0 Å². The highest BCUT2D eigenvalue weighted by molar-refractivity contribution is 9.10. The van der Waals surface area contributed by atoms with E-state index in [-0.39, 0.29) is 11.8 Å². The maximum Gasteiger partial charge on any atom is 0.255 e. The first-order valence-corrected chi connectivity index (χ1v) is 9.89. The molecule has 140 valence electrons. The van der Waals surface area contributed by atoms with Crippen LogP contribution in [0.3, 0.4) is 0 Å². The van der Waals surface area contributed by atoms with Crippen molar-refractivity contribution in [3.05, 3.63) is 82.3 Å². The molecule has 3 aromatic rings. The molecular weight excluding hydrogens is 416 g/mol. The SMILES string of the molecule is CC(=O)N1CCc2cc(Br)cc(NC(=O)c3ccc(-c4ccccc4)cc3)c21. The van der Waals surface area contributed by atoms with Crippen LogP contribution in [0.1, 0.15) is 22.8 Å². The fourth-order valence-corrected chi connectivity index (χ4v) is 4.06. The lowest BCUT2D eigenvalue weighted by Crippen LogP contribution is -2.27. The molecule has 0 bridgehead atoms. The lowest BCUT2D eigenvalue weighted by Gasteiger charge is -2.19. The van der Waals surface area contributed by atoms with E-state index in [2.05, 4.69) is 21.2 Å². The highest BCUT2D eigenvalue weighted by Crippen LogP contribution is 2.38. The van der Waals surface area contributed by atoms with Gasteiger partial charge in [-0.1, -0.05) is 58.4 Å². The second-order valence-corrected chi connectivity index (χ2v) is 7.69. The number of rotatable bonds is 3. The van der Waals surface area contributed by atoms with Gasteiger partial charge < -0.3 is 10.2 Å². The summed E-state index contributed by atoms with van der Waals surface area (Å²) in [5.74, 6) is -0.223. The highest BCUT2D eigenvalue weighted by Gasteiger charge is 2.26. The van der Waals surface area contributed by atoms with Crippen molar-refractivity contribution in [2.75, 3.05) is 16.8 Å². The summed E-state index contributed by atoms with van der Waals surface area (Å²) >= 11 is 3.50. The van der Waals surface area contributed by atoms with Crippen LogP contribution in [-0.2, 0) is 11.2 Å². The molecule has 1 aliphatic heterocycles. The fraction of sp³-hybridized carbons (Fsp3) is 0.130. The van der Waals surface area contributed by atoms with E-state index < -0.39 is 0 Å². The third-order valence-corrected chi connectivity index (χ3v) is 5.37. The van der Waals surface area contributed by atoms with Gasteiger partial charge in [-0.3, -0.25) is 9.59 Å². The molecule has 0 saturated heterocycles. The Kier molecular flexibility index (Phi) is 5.01. The van der Waals surface area contributed by atoms with E-state index in [9.17, 15) is 9.59 Å². The topological polar surface area (TPSA) is 49.4 Å². The minimum atomic E-state index is -0.199. The van der Waals surface area contributed by atoms with Crippen LogP contribution in [0.15, 0.2) is 71.2 Å². The van der Waals surface area contributed by atoms with Crippen LogP contribution >= 0.6 is 15.9 Å². The fourth-order valence-electron chi connectivity index (χ4n) is 3.56. The third-order valence-electron chi connectivity index (χ3n) is 4.91. The second kappa shape index (κ2) is 7.60. The molecule has 0 fully saturated rings. The Labute approximate surface area is 172 Å². The number of hydrogen-bond acceptors (Lipinski definition) is 2. The molecule has 0 spiro atoms. The molecule has 0 unspecified atom stereocenters. The molecule has 2 amide bonds. The van der Waals surface area contributed by atoms with E-state index in [1.54, 1.807) is 11.8 Å². The third kappa shape index (κ3) is 3.58. The number of anilines is 2. The average Bonchev–Trinajstić information content (AvgIpc) is 3.13. The number of fused-ring (bicyclic) bond motifs is 1. The molecule has 0 aromatic heterocycles. The molecule has 0 aliphatic carbocycles. The maximum atomic E-state index is 12.8. The summed E-state index contributed by atoms with van der Waals surface area (Å²) in [6, 6.07) is 21.4. The van der Waals surface area contributed by atoms with Crippen LogP contribution in [-0.4, -0.2) is 18.4 Å². The molecule has 4 rings (SSSR count). The molecule has 1 N–H and O–H groups in total. The predicted molar refractivity (Wildman–Crippen MR) is 116 cm³/mol. The van der Waals surface area contributed by atoms with Crippen molar-refractivity contribution in [3.63, 3.8) is 0 Å². The normalized spacial score (nSPS) is 12.6. The summed E-state index contributed by atoms with van der Waals surface area (Å²) in [7, 11) is 0. The number of amides is 2. The Morgan fingerprint density at radius 1 is 0.964 bits per heavy atom. The van der Waals surface area contributed by atoms with Crippen molar-refractivity contribution in [1.82, 2.24) is 0 Å². The first-order valence-electron chi connectivity index (χ1n) is 9.10. The van der Waals surface area contributed by atoms with Gasteiger partial charge >= 0.3 is 0 Å². The molecule has 5 heteroatoms. The van der Waals surface area contributed by atoms with Crippen molar-refractivity contribution in [1.29, 1.82) is 0 Å². The van der Waals surface area contributed by atoms with Gasteiger partial charge in [-0.05, 0) is 47.4 Å². The Morgan fingerprint density at radius 3 is 2.32 bits per heavy atom. The minimum Gasteiger partial charge on any atom is -0.320 e. The number of carbonyl (C=O) groups excluding carboxylic acids is 2. The largest absolute Gasteiger partial charge is 0.320 e. The zero-order chi connectivity index (χ0) is 19.7. The van der Waals surface area contributed by atoms with E-state index in [0.717, 1.165) is 33.3 Å². The molecule has 0 radical (unpaired) electrons. The Hall–Kier alpha value is -2.92. The molecule has 3 aromatic carbocycles. The van der Waals surface area contributed by atoms with Gasteiger partial charge in [0.15, 0.2) is 0 Å². The van der Waals surface area contributed by atoms with E-state index >= 15 is 0 Å². The molecule has 1 heterocycles. The first-order chi connectivity index (χ1) is 13.5. The highest BCUT2D eigenvalue weighted by atomic mass is 79.9. The zero-order valence-corrected chi connectivity index (χ0v) is 17.0. The monoisotopic (exact) mass is 434 g/mol. The summed E-state index contributed by atoms with van der Waals surface area (Å²) in [6.07, 6.45) is 0.781. The van der Waals surface area contributed by atoms with Crippen molar-refractivity contribution in [3.8, 4) is 11.1 Å². The second-order valence-electron chi connectivity index (χ2n) is 6.78. The predicted octanol–water partition coefficient (Wildman–Crippen LogP) is 5.28. The number of nitrogens with zero attached hydrogens (tertiary/aromatic N) is 1. The Bertz CT molecular complexity index is 1050. The molecule has 0 atom stereocenters. The van der Waals surface area contributed by atoms with Gasteiger partial charge in [0.1, 0.15) is 0 Å². The van der Waals surface area contributed by atoms with Crippen LogP contribution < -0.4 is 10.2 Å². The van der Waals surface area contributed by atoms with Crippen LogP contribution in [0.25, 0.3) is 11.1 Å². The summed E-state index contributed by atoms with van der Waals surface area (Å²) in [5, 5.41) is 2.98. The minimum absolute atomic E-state index is 0.0243. The van der Waals surface area contributed by atoms with E-state index in [4.69, 9.17) is 0 Å². The summed E-state index contributed by atoms with van der Waals surface area (Å²) in [4.78, 5) is 26.5. The number of benzene rings is 3. The number of hydrogen-bond donors (Lipinski definition) is 1. The lowest BCUT2D eigenvalue weighted by atomic mass is 10.0. The van der Waals surface area contributed by atoms with Crippen LogP contribution in [0.4, 0.5) is 11.4 Å². The Morgan fingerprint density at radius 2 is 1.64 bits per heavy atom. The first kappa shape index (κ1) is 18.4. The quantitative estimate of drug-likeness (QED) is 0.609. The van der Waals surface area contributed by atoms with Crippen molar-refractivity contribution >= 4 is 39.1 Å². The van der Waals surface area contributed by atoms with E-state index in [0.29, 0.717) is 17.8 Å². The van der Waals surface area contributed by atoms with Crippen LogP contribution in [0, 0.1) is 0 Å². The van der Waals surface area contributed by atoms with Crippen molar-refractivity contribution < 1.29 is 9.59 Å². The van der Waals surface area contributed by atoms with Crippen molar-refractivity contribution in [2.24, 2.45) is 0 Å².